The molecule has 1 unspecified atom stereocenters. The molecular formula is C26H33NO3S. The summed E-state index contributed by atoms with van der Waals surface area (Å²) in [4.78, 5) is 13.1. The van der Waals surface area contributed by atoms with Gasteiger partial charge in [0.25, 0.3) is 0 Å². The van der Waals surface area contributed by atoms with Gasteiger partial charge in [-0.3, -0.25) is 4.79 Å². The summed E-state index contributed by atoms with van der Waals surface area (Å²) in [7, 11) is 0. The van der Waals surface area contributed by atoms with E-state index in [9.17, 15) is 9.35 Å². The number of ether oxygens (including phenoxy) is 1. The van der Waals surface area contributed by atoms with E-state index in [1.54, 1.807) is 0 Å². The first-order valence-corrected chi connectivity index (χ1v) is 12.8. The standard InChI is InChI=1S/C26H33NO3S/c1-26(2)22-18-20(14-15-23(22)27-25(26)28)30-16-8-9-17-31(29)24-13-7-6-12-21(24)19-10-4-3-5-11-19/h6-7,12-15,18-19H,3-5,8-11,16-17H2,1-2H3,(H,27,28). The largest absolute Gasteiger partial charge is 0.611 e. The fourth-order valence-electron chi connectivity index (χ4n) is 4.71. The molecule has 0 bridgehead atoms. The molecule has 1 aliphatic heterocycles. The monoisotopic (exact) mass is 439 g/mol. The first kappa shape index (κ1) is 22.2. The fraction of sp³-hybridized carbons (Fsp3) is 0.500. The van der Waals surface area contributed by atoms with Crippen LogP contribution < -0.4 is 10.1 Å². The Bertz CT molecular complexity index is 921. The van der Waals surface area contributed by atoms with Gasteiger partial charge in [-0.15, -0.1) is 0 Å². The summed E-state index contributed by atoms with van der Waals surface area (Å²) in [5.41, 5.74) is 2.63. The van der Waals surface area contributed by atoms with Crippen LogP contribution in [0.3, 0.4) is 0 Å². The predicted molar refractivity (Wildman–Crippen MR) is 126 cm³/mol. The maximum absolute atomic E-state index is 13.0. The zero-order chi connectivity index (χ0) is 21.8. The highest BCUT2D eigenvalue weighted by Gasteiger charge is 2.38. The number of carbonyl (C=O) groups excluding carboxylic acids is 1. The molecule has 0 saturated heterocycles. The van der Waals surface area contributed by atoms with Crippen molar-refractivity contribution in [3.8, 4) is 5.75 Å². The molecule has 1 aliphatic carbocycles. The quantitative estimate of drug-likeness (QED) is 0.409. The summed E-state index contributed by atoms with van der Waals surface area (Å²) in [6.45, 7) is 4.44. The Balaban J connectivity index is 1.27. The van der Waals surface area contributed by atoms with Gasteiger partial charge in [-0.1, -0.05) is 37.5 Å². The van der Waals surface area contributed by atoms with Gasteiger partial charge in [0.2, 0.25) is 5.91 Å². The number of benzene rings is 2. The first-order chi connectivity index (χ1) is 15.0. The number of carbonyl (C=O) groups is 1. The normalized spacial score (nSPS) is 19.0. The van der Waals surface area contributed by atoms with Crippen LogP contribution in [0.1, 0.15) is 75.8 Å². The van der Waals surface area contributed by atoms with Crippen molar-refractivity contribution >= 4 is 22.8 Å². The van der Waals surface area contributed by atoms with Crippen LogP contribution in [0.5, 0.6) is 5.75 Å². The minimum atomic E-state index is -0.960. The number of amides is 1. The summed E-state index contributed by atoms with van der Waals surface area (Å²) in [5, 5.41) is 2.92. The van der Waals surface area contributed by atoms with E-state index in [2.05, 4.69) is 23.5 Å². The Labute approximate surface area is 189 Å². The van der Waals surface area contributed by atoms with Crippen molar-refractivity contribution in [1.82, 2.24) is 0 Å². The van der Waals surface area contributed by atoms with Crippen LogP contribution in [-0.4, -0.2) is 22.8 Å². The molecule has 1 fully saturated rings. The van der Waals surface area contributed by atoms with E-state index in [4.69, 9.17) is 4.74 Å². The van der Waals surface area contributed by atoms with Crippen LogP contribution in [0.2, 0.25) is 0 Å². The topological polar surface area (TPSA) is 61.4 Å². The summed E-state index contributed by atoms with van der Waals surface area (Å²) >= 11 is -0.960. The molecule has 2 aromatic carbocycles. The van der Waals surface area contributed by atoms with Crippen LogP contribution >= 0.6 is 0 Å². The molecule has 0 spiro atoms. The van der Waals surface area contributed by atoms with Crippen LogP contribution in [0.25, 0.3) is 0 Å². The molecule has 31 heavy (non-hydrogen) atoms. The molecule has 1 atom stereocenters. The number of anilines is 1. The molecule has 4 rings (SSSR count). The lowest BCUT2D eigenvalue weighted by Gasteiger charge is -2.24. The van der Waals surface area contributed by atoms with Gasteiger partial charge in [0.1, 0.15) is 11.5 Å². The minimum Gasteiger partial charge on any atom is -0.611 e. The Morgan fingerprint density at radius 3 is 2.68 bits per heavy atom. The molecule has 2 aromatic rings. The van der Waals surface area contributed by atoms with E-state index in [-0.39, 0.29) is 5.91 Å². The van der Waals surface area contributed by atoms with Gasteiger partial charge >= 0.3 is 0 Å². The zero-order valence-corrected chi connectivity index (χ0v) is 19.4. The van der Waals surface area contributed by atoms with Crippen LogP contribution in [0.15, 0.2) is 47.4 Å². The lowest BCUT2D eigenvalue weighted by molar-refractivity contribution is -0.119. The van der Waals surface area contributed by atoms with Crippen molar-refractivity contribution in [2.24, 2.45) is 0 Å². The number of hydrogen-bond acceptors (Lipinski definition) is 3. The molecule has 0 aromatic heterocycles. The second-order valence-corrected chi connectivity index (χ2v) is 10.8. The second kappa shape index (κ2) is 9.66. The number of nitrogens with one attached hydrogen (secondary N) is 1. The van der Waals surface area contributed by atoms with Crippen molar-refractivity contribution in [1.29, 1.82) is 0 Å². The fourth-order valence-corrected chi connectivity index (χ4v) is 6.13. The third-order valence-electron chi connectivity index (χ3n) is 6.68. The van der Waals surface area contributed by atoms with Gasteiger partial charge in [0, 0.05) is 11.3 Å². The molecule has 1 amide bonds. The molecule has 1 heterocycles. The van der Waals surface area contributed by atoms with Crippen LogP contribution in [0.4, 0.5) is 5.69 Å². The average molecular weight is 440 g/mol. The van der Waals surface area contributed by atoms with Crippen molar-refractivity contribution in [3.05, 3.63) is 53.6 Å². The highest BCUT2D eigenvalue weighted by atomic mass is 32.2. The molecule has 2 aliphatic rings. The maximum Gasteiger partial charge on any atom is 0.234 e. The lowest BCUT2D eigenvalue weighted by Crippen LogP contribution is -2.26. The minimum absolute atomic E-state index is 0.0237. The Hall–Kier alpha value is -1.98. The molecule has 5 heteroatoms. The third kappa shape index (κ3) is 4.93. The van der Waals surface area contributed by atoms with Crippen molar-refractivity contribution in [3.63, 3.8) is 0 Å². The van der Waals surface area contributed by atoms with E-state index in [0.717, 1.165) is 34.7 Å². The average Bonchev–Trinajstić information content (AvgIpc) is 3.02. The molecule has 0 radical (unpaired) electrons. The SMILES string of the molecule is CC1(C)C(=O)Nc2ccc(OCCCC[S+]([O-])c3ccccc3C3CCCCC3)cc21. The van der Waals surface area contributed by atoms with E-state index in [1.807, 2.05) is 38.1 Å². The zero-order valence-electron chi connectivity index (χ0n) is 18.6. The molecule has 166 valence electrons. The van der Waals surface area contributed by atoms with Crippen LogP contribution in [-0.2, 0) is 21.4 Å². The van der Waals surface area contributed by atoms with Gasteiger partial charge in [-0.05, 0) is 86.5 Å². The van der Waals surface area contributed by atoms with Crippen molar-refractivity contribution in [2.45, 2.75) is 75.0 Å². The molecular weight excluding hydrogens is 406 g/mol. The predicted octanol–water partition coefficient (Wildman–Crippen LogP) is 5.93. The third-order valence-corrected chi connectivity index (χ3v) is 8.20. The van der Waals surface area contributed by atoms with Crippen molar-refractivity contribution in [2.75, 3.05) is 17.7 Å². The van der Waals surface area contributed by atoms with Gasteiger partial charge in [-0.25, -0.2) is 0 Å². The number of unbranched alkanes of at least 4 members (excludes halogenated alkanes) is 1. The smallest absolute Gasteiger partial charge is 0.234 e. The number of hydrogen-bond donors (Lipinski definition) is 1. The second-order valence-electron chi connectivity index (χ2n) is 9.26. The van der Waals surface area contributed by atoms with E-state index in [0.29, 0.717) is 18.3 Å². The number of rotatable bonds is 8. The summed E-state index contributed by atoms with van der Waals surface area (Å²) in [5.74, 6) is 2.05. The van der Waals surface area contributed by atoms with E-state index in [1.165, 1.54) is 37.7 Å². The first-order valence-electron chi connectivity index (χ1n) is 11.5. The highest BCUT2D eigenvalue weighted by molar-refractivity contribution is 7.91. The summed E-state index contributed by atoms with van der Waals surface area (Å²) in [6.07, 6.45) is 8.06. The van der Waals surface area contributed by atoms with Gasteiger partial charge in [0.15, 0.2) is 4.90 Å². The molecule has 4 nitrogen and oxygen atoms in total. The van der Waals surface area contributed by atoms with E-state index >= 15 is 0 Å². The summed E-state index contributed by atoms with van der Waals surface area (Å²) < 4.78 is 18.9. The Morgan fingerprint density at radius 1 is 1.10 bits per heavy atom. The maximum atomic E-state index is 13.0. The lowest BCUT2D eigenvalue weighted by atomic mass is 9.84. The van der Waals surface area contributed by atoms with Gasteiger partial charge in [-0.2, -0.15) is 0 Å². The van der Waals surface area contributed by atoms with Gasteiger partial charge < -0.3 is 14.6 Å². The van der Waals surface area contributed by atoms with Crippen molar-refractivity contribution < 1.29 is 14.1 Å². The van der Waals surface area contributed by atoms with Gasteiger partial charge in [0.05, 0.1) is 12.0 Å². The molecule has 1 N–H and O–H groups in total. The summed E-state index contributed by atoms with van der Waals surface area (Å²) in [6, 6.07) is 14.1. The Kier molecular flexibility index (Phi) is 6.92. The Morgan fingerprint density at radius 2 is 1.87 bits per heavy atom. The van der Waals surface area contributed by atoms with Crippen LogP contribution in [0, 0.1) is 0 Å². The van der Waals surface area contributed by atoms with E-state index < -0.39 is 16.6 Å². The molecule has 1 saturated carbocycles. The number of fused-ring (bicyclic) bond motifs is 1. The highest BCUT2D eigenvalue weighted by Crippen LogP contribution is 2.39.